The quantitative estimate of drug-likeness (QED) is 0.643. The van der Waals surface area contributed by atoms with Crippen molar-refractivity contribution in [1.82, 2.24) is 15.5 Å². The van der Waals surface area contributed by atoms with Crippen molar-refractivity contribution in [2.75, 3.05) is 19.7 Å². The van der Waals surface area contributed by atoms with Crippen molar-refractivity contribution in [1.29, 1.82) is 0 Å². The van der Waals surface area contributed by atoms with Crippen LogP contribution >= 0.6 is 0 Å². The highest BCUT2D eigenvalue weighted by Gasteiger charge is 2.39. The van der Waals surface area contributed by atoms with E-state index in [9.17, 15) is 9.90 Å². The average Bonchev–Trinajstić information content (AvgIpc) is 3.28. The van der Waals surface area contributed by atoms with Crippen LogP contribution in [0.1, 0.15) is 59.3 Å². The number of amides is 2. The zero-order valence-corrected chi connectivity index (χ0v) is 14.4. The number of nitrogens with one attached hydrogen (secondary N) is 2. The van der Waals surface area contributed by atoms with Gasteiger partial charge in [-0.15, -0.1) is 0 Å². The minimum Gasteiger partial charge on any atom is -0.396 e. The molecule has 1 aliphatic heterocycles. The Bertz CT molecular complexity index is 367. The molecule has 0 spiro atoms. The fraction of sp³-hybridized carbons (Fsp3) is 0.941. The van der Waals surface area contributed by atoms with Crippen molar-refractivity contribution < 1.29 is 9.90 Å². The van der Waals surface area contributed by atoms with Crippen LogP contribution in [-0.4, -0.2) is 53.9 Å². The maximum atomic E-state index is 12.2. The van der Waals surface area contributed by atoms with Crippen LogP contribution in [0.3, 0.4) is 0 Å². The van der Waals surface area contributed by atoms with E-state index >= 15 is 0 Å². The van der Waals surface area contributed by atoms with Gasteiger partial charge in [-0.3, -0.25) is 4.90 Å². The number of rotatable bonds is 8. The first kappa shape index (κ1) is 17.5. The molecular weight excluding hydrogens is 278 g/mol. The van der Waals surface area contributed by atoms with E-state index in [1.54, 1.807) is 0 Å². The summed E-state index contributed by atoms with van der Waals surface area (Å²) in [7, 11) is 0. The summed E-state index contributed by atoms with van der Waals surface area (Å²) in [5, 5.41) is 15.4. The summed E-state index contributed by atoms with van der Waals surface area (Å²) >= 11 is 0. The van der Waals surface area contributed by atoms with E-state index in [0.29, 0.717) is 12.6 Å². The van der Waals surface area contributed by atoms with Gasteiger partial charge in [0, 0.05) is 37.8 Å². The number of carbonyl (C=O) groups excluding carboxylic acids is 1. The standard InChI is InChI=1S/C17H33N3O2/c1-4-17(5-2,8-9-21)12-18-16(22)19-14-10-13(3)20(11-14)15-6-7-15/h13-15,21H,4-12H2,1-3H3,(H2,18,19,22). The Morgan fingerprint density at radius 3 is 2.55 bits per heavy atom. The lowest BCUT2D eigenvalue weighted by molar-refractivity contribution is 0.162. The number of likely N-dealkylation sites (tertiary alicyclic amines) is 1. The Labute approximate surface area is 134 Å². The number of urea groups is 1. The van der Waals surface area contributed by atoms with Crippen LogP contribution in [0.5, 0.6) is 0 Å². The fourth-order valence-electron chi connectivity index (χ4n) is 3.76. The van der Waals surface area contributed by atoms with E-state index < -0.39 is 0 Å². The second kappa shape index (κ2) is 7.64. The molecule has 0 aromatic rings. The third kappa shape index (κ3) is 4.35. The van der Waals surface area contributed by atoms with Crippen LogP contribution in [0.25, 0.3) is 0 Å². The molecule has 1 aliphatic carbocycles. The van der Waals surface area contributed by atoms with Gasteiger partial charge in [0.1, 0.15) is 0 Å². The van der Waals surface area contributed by atoms with E-state index in [-0.39, 0.29) is 24.1 Å². The van der Waals surface area contributed by atoms with Crippen molar-refractivity contribution in [2.24, 2.45) is 5.41 Å². The number of aliphatic hydroxyl groups excluding tert-OH is 1. The molecule has 5 nitrogen and oxygen atoms in total. The molecule has 2 amide bonds. The molecule has 2 unspecified atom stereocenters. The molecular formula is C17H33N3O2. The predicted molar refractivity (Wildman–Crippen MR) is 88.8 cm³/mol. The summed E-state index contributed by atoms with van der Waals surface area (Å²) in [5.74, 6) is 0. The molecule has 2 atom stereocenters. The summed E-state index contributed by atoms with van der Waals surface area (Å²) in [6, 6.07) is 1.56. The van der Waals surface area contributed by atoms with Crippen LogP contribution in [-0.2, 0) is 0 Å². The summed E-state index contributed by atoms with van der Waals surface area (Å²) in [6.07, 6.45) is 6.38. The zero-order valence-electron chi connectivity index (χ0n) is 14.4. The van der Waals surface area contributed by atoms with Crippen LogP contribution in [0.4, 0.5) is 4.79 Å². The Morgan fingerprint density at radius 2 is 2.00 bits per heavy atom. The van der Waals surface area contributed by atoms with E-state index in [1.807, 2.05) is 0 Å². The first-order valence-electron chi connectivity index (χ1n) is 8.94. The first-order valence-corrected chi connectivity index (χ1v) is 8.94. The van der Waals surface area contributed by atoms with Crippen LogP contribution < -0.4 is 10.6 Å². The van der Waals surface area contributed by atoms with Crippen LogP contribution in [0.2, 0.25) is 0 Å². The van der Waals surface area contributed by atoms with Crippen LogP contribution in [0, 0.1) is 5.41 Å². The molecule has 0 bridgehead atoms. The highest BCUT2D eigenvalue weighted by Crippen LogP contribution is 2.33. The van der Waals surface area contributed by atoms with E-state index in [2.05, 4.69) is 36.3 Å². The molecule has 0 radical (unpaired) electrons. The molecule has 128 valence electrons. The molecule has 2 aliphatic rings. The van der Waals surface area contributed by atoms with E-state index in [1.165, 1.54) is 12.8 Å². The molecule has 0 aromatic carbocycles. The molecule has 5 heteroatoms. The molecule has 2 fully saturated rings. The number of carbonyl (C=O) groups is 1. The van der Waals surface area contributed by atoms with Gasteiger partial charge in [0.25, 0.3) is 0 Å². The number of nitrogens with zero attached hydrogens (tertiary/aromatic N) is 1. The summed E-state index contributed by atoms with van der Waals surface area (Å²) < 4.78 is 0. The molecule has 22 heavy (non-hydrogen) atoms. The fourth-order valence-corrected chi connectivity index (χ4v) is 3.76. The monoisotopic (exact) mass is 311 g/mol. The lowest BCUT2D eigenvalue weighted by Gasteiger charge is -2.31. The van der Waals surface area contributed by atoms with Gasteiger partial charge >= 0.3 is 6.03 Å². The maximum absolute atomic E-state index is 12.2. The number of hydrogen-bond acceptors (Lipinski definition) is 3. The summed E-state index contributed by atoms with van der Waals surface area (Å²) in [4.78, 5) is 14.7. The molecule has 2 rings (SSSR count). The van der Waals surface area contributed by atoms with Crippen LogP contribution in [0.15, 0.2) is 0 Å². The second-order valence-corrected chi connectivity index (χ2v) is 7.22. The van der Waals surface area contributed by atoms with Gasteiger partial charge in [0.15, 0.2) is 0 Å². The minimum absolute atomic E-state index is 0.0229. The molecule has 1 heterocycles. The Balaban J connectivity index is 1.75. The Kier molecular flexibility index (Phi) is 6.09. The third-order valence-electron chi connectivity index (χ3n) is 5.74. The molecule has 1 saturated heterocycles. The van der Waals surface area contributed by atoms with Gasteiger partial charge in [-0.05, 0) is 50.9 Å². The van der Waals surface area contributed by atoms with E-state index in [0.717, 1.165) is 38.3 Å². The van der Waals surface area contributed by atoms with Crippen molar-refractivity contribution in [3.05, 3.63) is 0 Å². The van der Waals surface area contributed by atoms with Crippen molar-refractivity contribution in [3.8, 4) is 0 Å². The summed E-state index contributed by atoms with van der Waals surface area (Å²) in [5.41, 5.74) is 0.0229. The SMILES string of the molecule is CCC(CC)(CCO)CNC(=O)NC1CC(C)N(C2CC2)C1. The van der Waals surface area contributed by atoms with Crippen molar-refractivity contribution >= 4 is 6.03 Å². The zero-order chi connectivity index (χ0) is 16.2. The van der Waals surface area contributed by atoms with Gasteiger partial charge in [0.2, 0.25) is 0 Å². The predicted octanol–water partition coefficient (Wildman–Crippen LogP) is 2.10. The Morgan fingerprint density at radius 1 is 1.32 bits per heavy atom. The van der Waals surface area contributed by atoms with Gasteiger partial charge in [-0.25, -0.2) is 4.79 Å². The van der Waals surface area contributed by atoms with Crippen molar-refractivity contribution in [2.45, 2.75) is 77.4 Å². The lowest BCUT2D eigenvalue weighted by atomic mass is 9.79. The minimum atomic E-state index is -0.0564. The van der Waals surface area contributed by atoms with E-state index in [4.69, 9.17) is 0 Å². The van der Waals surface area contributed by atoms with Gasteiger partial charge in [-0.1, -0.05) is 13.8 Å². The normalized spacial score (nSPS) is 26.2. The smallest absolute Gasteiger partial charge is 0.315 e. The third-order valence-corrected chi connectivity index (χ3v) is 5.74. The molecule has 1 saturated carbocycles. The number of aliphatic hydroxyl groups is 1. The largest absolute Gasteiger partial charge is 0.396 e. The summed E-state index contributed by atoms with van der Waals surface area (Å²) in [6.45, 7) is 8.33. The molecule has 3 N–H and O–H groups in total. The second-order valence-electron chi connectivity index (χ2n) is 7.22. The maximum Gasteiger partial charge on any atom is 0.315 e. The number of hydrogen-bond donors (Lipinski definition) is 3. The van der Waals surface area contributed by atoms with Crippen molar-refractivity contribution in [3.63, 3.8) is 0 Å². The van der Waals surface area contributed by atoms with Gasteiger partial charge in [0.05, 0.1) is 0 Å². The highest BCUT2D eigenvalue weighted by atomic mass is 16.3. The topological polar surface area (TPSA) is 64.6 Å². The average molecular weight is 311 g/mol. The Hall–Kier alpha value is -0.810. The lowest BCUT2D eigenvalue weighted by Crippen LogP contribution is -2.47. The first-order chi connectivity index (χ1) is 10.5. The van der Waals surface area contributed by atoms with Gasteiger partial charge < -0.3 is 15.7 Å². The van der Waals surface area contributed by atoms with Gasteiger partial charge in [-0.2, -0.15) is 0 Å². The molecule has 0 aromatic heterocycles. The highest BCUT2D eigenvalue weighted by molar-refractivity contribution is 5.74.